The molecule has 0 saturated heterocycles. The lowest BCUT2D eigenvalue weighted by molar-refractivity contribution is -0.131. The molecule has 0 unspecified atom stereocenters. The molecule has 1 heterocycles. The van der Waals surface area contributed by atoms with E-state index in [0.29, 0.717) is 13.1 Å². The zero-order valence-corrected chi connectivity index (χ0v) is 11.5. The van der Waals surface area contributed by atoms with Crippen molar-refractivity contribution in [1.82, 2.24) is 9.80 Å². The van der Waals surface area contributed by atoms with Gasteiger partial charge in [-0.25, -0.2) is 0 Å². The van der Waals surface area contributed by atoms with Crippen LogP contribution in [0.25, 0.3) is 0 Å². The average Bonchev–Trinajstić information content (AvgIpc) is 2.76. The van der Waals surface area contributed by atoms with E-state index in [1.165, 1.54) is 17.0 Å². The molecule has 0 aliphatic carbocycles. The molecule has 0 radical (unpaired) electrons. The summed E-state index contributed by atoms with van der Waals surface area (Å²) in [5.41, 5.74) is 0. The molecule has 1 aromatic rings. The maximum absolute atomic E-state index is 11.9. The molecule has 0 aliphatic heterocycles. The van der Waals surface area contributed by atoms with E-state index in [0.717, 1.165) is 0 Å². The Bertz CT molecular complexity index is 427. The summed E-state index contributed by atoms with van der Waals surface area (Å²) in [6.45, 7) is 5.08. The smallest absolute Gasteiger partial charge is 0.289 e. The number of likely N-dealkylation sites (N-methyl/N-ethyl adjacent to an activating group) is 2. The number of carbonyl (C=O) groups is 2. The molecule has 0 bridgehead atoms. The number of hydrogen-bond acceptors (Lipinski definition) is 3. The number of carbonyl (C=O) groups excluding carboxylic acids is 2. The van der Waals surface area contributed by atoms with E-state index < -0.39 is 0 Å². The summed E-state index contributed by atoms with van der Waals surface area (Å²) in [6.07, 6.45) is 0. The normalized spacial score (nSPS) is 10.2. The highest BCUT2D eigenvalue weighted by molar-refractivity contribution is 6.29. The SMILES string of the molecule is CCN(CC)C(=O)CN(C)C(=O)c1ccc(Cl)o1. The summed E-state index contributed by atoms with van der Waals surface area (Å²) < 4.78 is 5.01. The number of nitrogens with zero attached hydrogens (tertiary/aromatic N) is 2. The lowest BCUT2D eigenvalue weighted by atomic mass is 10.3. The van der Waals surface area contributed by atoms with Crippen molar-refractivity contribution >= 4 is 23.4 Å². The van der Waals surface area contributed by atoms with E-state index in [1.807, 2.05) is 13.8 Å². The van der Waals surface area contributed by atoms with Crippen LogP contribution in [0.5, 0.6) is 0 Å². The maximum Gasteiger partial charge on any atom is 0.289 e. The Hall–Kier alpha value is -1.49. The monoisotopic (exact) mass is 272 g/mol. The molecule has 0 saturated carbocycles. The number of halogens is 1. The van der Waals surface area contributed by atoms with Gasteiger partial charge in [0.25, 0.3) is 5.91 Å². The van der Waals surface area contributed by atoms with Gasteiger partial charge in [0.1, 0.15) is 0 Å². The summed E-state index contributed by atoms with van der Waals surface area (Å²) >= 11 is 5.60. The molecule has 100 valence electrons. The highest BCUT2D eigenvalue weighted by atomic mass is 35.5. The molecule has 1 aromatic heterocycles. The van der Waals surface area contributed by atoms with Crippen LogP contribution in [0.2, 0.25) is 5.22 Å². The van der Waals surface area contributed by atoms with E-state index in [1.54, 1.807) is 11.9 Å². The molecule has 0 aliphatic rings. The second kappa shape index (κ2) is 6.44. The van der Waals surface area contributed by atoms with E-state index in [2.05, 4.69) is 0 Å². The van der Waals surface area contributed by atoms with Crippen LogP contribution in [0.1, 0.15) is 24.4 Å². The fourth-order valence-corrected chi connectivity index (χ4v) is 1.71. The van der Waals surface area contributed by atoms with E-state index in [4.69, 9.17) is 16.0 Å². The number of furan rings is 1. The Morgan fingerprint density at radius 3 is 2.33 bits per heavy atom. The van der Waals surface area contributed by atoms with E-state index in [-0.39, 0.29) is 29.3 Å². The molecule has 6 heteroatoms. The molecule has 0 fully saturated rings. The third kappa shape index (κ3) is 3.50. The molecule has 18 heavy (non-hydrogen) atoms. The van der Waals surface area contributed by atoms with Gasteiger partial charge in [-0.2, -0.15) is 0 Å². The van der Waals surface area contributed by atoms with Gasteiger partial charge in [0.2, 0.25) is 5.91 Å². The van der Waals surface area contributed by atoms with Crippen molar-refractivity contribution in [3.8, 4) is 0 Å². The molecular formula is C12H17ClN2O3. The molecule has 2 amide bonds. The van der Waals surface area contributed by atoms with Crippen molar-refractivity contribution < 1.29 is 14.0 Å². The van der Waals surface area contributed by atoms with Crippen molar-refractivity contribution in [1.29, 1.82) is 0 Å². The minimum Gasteiger partial charge on any atom is -0.440 e. The fraction of sp³-hybridized carbons (Fsp3) is 0.500. The highest BCUT2D eigenvalue weighted by Crippen LogP contribution is 2.14. The van der Waals surface area contributed by atoms with E-state index in [9.17, 15) is 9.59 Å². The van der Waals surface area contributed by atoms with E-state index >= 15 is 0 Å². The molecule has 0 aromatic carbocycles. The van der Waals surface area contributed by atoms with Crippen LogP contribution in [0.3, 0.4) is 0 Å². The van der Waals surface area contributed by atoms with Crippen LogP contribution < -0.4 is 0 Å². The Morgan fingerprint density at radius 2 is 1.89 bits per heavy atom. The van der Waals surface area contributed by atoms with Gasteiger partial charge in [-0.15, -0.1) is 0 Å². The second-order valence-electron chi connectivity index (χ2n) is 3.83. The topological polar surface area (TPSA) is 53.8 Å². The van der Waals surface area contributed by atoms with Gasteiger partial charge in [-0.1, -0.05) is 0 Å². The lowest BCUT2D eigenvalue weighted by Crippen LogP contribution is -2.40. The quantitative estimate of drug-likeness (QED) is 0.822. The second-order valence-corrected chi connectivity index (χ2v) is 4.20. The first-order valence-electron chi connectivity index (χ1n) is 5.78. The third-order valence-electron chi connectivity index (χ3n) is 2.62. The van der Waals surface area contributed by atoms with Gasteiger partial charge in [-0.3, -0.25) is 9.59 Å². The van der Waals surface area contributed by atoms with Gasteiger partial charge in [0.05, 0.1) is 6.54 Å². The largest absolute Gasteiger partial charge is 0.440 e. The first-order valence-corrected chi connectivity index (χ1v) is 6.16. The van der Waals surface area contributed by atoms with Crippen LogP contribution >= 0.6 is 11.6 Å². The predicted octanol–water partition coefficient (Wildman–Crippen LogP) is 1.87. The van der Waals surface area contributed by atoms with Crippen LogP contribution in [0.4, 0.5) is 0 Å². The highest BCUT2D eigenvalue weighted by Gasteiger charge is 2.20. The van der Waals surface area contributed by atoms with Gasteiger partial charge in [0, 0.05) is 20.1 Å². The molecule has 5 nitrogen and oxygen atoms in total. The van der Waals surface area contributed by atoms with Crippen LogP contribution in [0.15, 0.2) is 16.5 Å². The molecular weight excluding hydrogens is 256 g/mol. The van der Waals surface area contributed by atoms with Crippen LogP contribution in [0, 0.1) is 0 Å². The Kier molecular flexibility index (Phi) is 5.22. The lowest BCUT2D eigenvalue weighted by Gasteiger charge is -2.22. The fourth-order valence-electron chi connectivity index (χ4n) is 1.57. The number of amides is 2. The maximum atomic E-state index is 11.9. The summed E-state index contributed by atoms with van der Waals surface area (Å²) in [5, 5.41) is 0.154. The Balaban J connectivity index is 2.63. The summed E-state index contributed by atoms with van der Waals surface area (Å²) in [7, 11) is 1.56. The number of rotatable bonds is 5. The van der Waals surface area contributed by atoms with Crippen molar-refractivity contribution in [3.63, 3.8) is 0 Å². The van der Waals surface area contributed by atoms with Crippen LogP contribution in [-0.2, 0) is 4.79 Å². The predicted molar refractivity (Wildman–Crippen MR) is 68.6 cm³/mol. The van der Waals surface area contributed by atoms with Crippen molar-refractivity contribution in [2.75, 3.05) is 26.7 Å². The summed E-state index contributed by atoms with van der Waals surface area (Å²) in [5.74, 6) is -0.314. The minimum absolute atomic E-state index is 0.0266. The van der Waals surface area contributed by atoms with Crippen molar-refractivity contribution in [2.24, 2.45) is 0 Å². The number of hydrogen-bond donors (Lipinski definition) is 0. The minimum atomic E-state index is -0.359. The Labute approximate surface area is 111 Å². The zero-order chi connectivity index (χ0) is 13.7. The molecule has 0 N–H and O–H groups in total. The third-order valence-corrected chi connectivity index (χ3v) is 2.82. The van der Waals surface area contributed by atoms with Gasteiger partial charge >= 0.3 is 0 Å². The first-order chi connectivity index (χ1) is 8.49. The standard InChI is InChI=1S/C12H17ClN2O3/c1-4-15(5-2)11(16)8-14(3)12(17)9-6-7-10(13)18-9/h6-7H,4-5,8H2,1-3H3. The van der Waals surface area contributed by atoms with Crippen molar-refractivity contribution in [2.45, 2.75) is 13.8 Å². The summed E-state index contributed by atoms with van der Waals surface area (Å²) in [4.78, 5) is 26.7. The van der Waals surface area contributed by atoms with Gasteiger partial charge in [-0.05, 0) is 37.6 Å². The first kappa shape index (κ1) is 14.6. The van der Waals surface area contributed by atoms with Crippen LogP contribution in [-0.4, -0.2) is 48.3 Å². The Morgan fingerprint density at radius 1 is 1.28 bits per heavy atom. The molecule has 0 spiro atoms. The molecule has 1 rings (SSSR count). The van der Waals surface area contributed by atoms with Gasteiger partial charge in [0.15, 0.2) is 11.0 Å². The summed E-state index contributed by atoms with van der Waals surface area (Å²) in [6, 6.07) is 2.98. The zero-order valence-electron chi connectivity index (χ0n) is 10.8. The average molecular weight is 273 g/mol. The van der Waals surface area contributed by atoms with Crippen molar-refractivity contribution in [3.05, 3.63) is 23.1 Å². The van der Waals surface area contributed by atoms with Gasteiger partial charge < -0.3 is 14.2 Å². The molecule has 0 atom stereocenters.